The highest BCUT2D eigenvalue weighted by Gasteiger charge is 2.11. The maximum atomic E-state index is 10.9. The highest BCUT2D eigenvalue weighted by molar-refractivity contribution is 6.30. The molecular formula is C10H7ClN2O2. The van der Waals surface area contributed by atoms with Crippen molar-refractivity contribution >= 4 is 17.4 Å². The number of carbonyl (C=O) groups excluding carboxylic acids is 1. The Morgan fingerprint density at radius 3 is 2.53 bits per heavy atom. The van der Waals surface area contributed by atoms with E-state index in [1.54, 1.807) is 24.3 Å². The zero-order valence-corrected chi connectivity index (χ0v) is 8.65. The normalized spacial score (nSPS) is 10.3. The number of rotatable bonds is 2. The minimum absolute atomic E-state index is 0.0833. The molecule has 15 heavy (non-hydrogen) atoms. The van der Waals surface area contributed by atoms with Crippen LogP contribution in [0.3, 0.4) is 0 Å². The molecule has 0 saturated heterocycles. The molecule has 2 aromatic rings. The van der Waals surface area contributed by atoms with E-state index in [-0.39, 0.29) is 11.6 Å². The summed E-state index contributed by atoms with van der Waals surface area (Å²) in [4.78, 5) is 14.9. The van der Waals surface area contributed by atoms with E-state index in [4.69, 9.17) is 16.1 Å². The SMILES string of the molecule is CC(=O)c1noc(-c2ccc(Cl)cc2)n1. The number of carbonyl (C=O) groups is 1. The number of halogens is 1. The van der Waals surface area contributed by atoms with Gasteiger partial charge in [0, 0.05) is 17.5 Å². The van der Waals surface area contributed by atoms with Gasteiger partial charge in [-0.25, -0.2) is 0 Å². The van der Waals surface area contributed by atoms with Crippen LogP contribution in [0.2, 0.25) is 5.02 Å². The maximum absolute atomic E-state index is 10.9. The number of aromatic nitrogens is 2. The molecule has 76 valence electrons. The topological polar surface area (TPSA) is 56.0 Å². The lowest BCUT2D eigenvalue weighted by molar-refractivity contribution is 0.100. The Morgan fingerprint density at radius 2 is 2.00 bits per heavy atom. The first-order valence-corrected chi connectivity index (χ1v) is 4.65. The molecule has 0 aliphatic carbocycles. The van der Waals surface area contributed by atoms with Crippen LogP contribution in [0, 0.1) is 0 Å². The lowest BCUT2D eigenvalue weighted by atomic mass is 10.2. The number of benzene rings is 1. The number of hydrogen-bond donors (Lipinski definition) is 0. The summed E-state index contributed by atoms with van der Waals surface area (Å²) in [7, 11) is 0. The van der Waals surface area contributed by atoms with Gasteiger partial charge < -0.3 is 4.52 Å². The molecule has 1 aromatic carbocycles. The van der Waals surface area contributed by atoms with Gasteiger partial charge in [0.2, 0.25) is 11.6 Å². The summed E-state index contributed by atoms with van der Waals surface area (Å²) in [5, 5.41) is 4.18. The first-order chi connectivity index (χ1) is 7.16. The van der Waals surface area contributed by atoms with Gasteiger partial charge in [-0.2, -0.15) is 4.98 Å². The molecule has 0 saturated carbocycles. The average molecular weight is 223 g/mol. The second-order valence-corrected chi connectivity index (χ2v) is 3.42. The summed E-state index contributed by atoms with van der Waals surface area (Å²) in [6, 6.07) is 6.93. The molecule has 0 spiro atoms. The van der Waals surface area contributed by atoms with E-state index in [9.17, 15) is 4.79 Å². The molecule has 5 heteroatoms. The summed E-state index contributed by atoms with van der Waals surface area (Å²) >= 11 is 5.73. The Hall–Kier alpha value is -1.68. The quantitative estimate of drug-likeness (QED) is 0.733. The van der Waals surface area contributed by atoms with Gasteiger partial charge in [-0.3, -0.25) is 4.79 Å². The van der Waals surface area contributed by atoms with Crippen molar-refractivity contribution in [3.05, 3.63) is 35.1 Å². The van der Waals surface area contributed by atoms with Crippen LogP contribution in [0.1, 0.15) is 17.5 Å². The molecule has 0 atom stereocenters. The molecule has 1 heterocycles. The van der Waals surface area contributed by atoms with E-state index in [1.807, 2.05) is 0 Å². The second-order valence-electron chi connectivity index (χ2n) is 2.99. The van der Waals surface area contributed by atoms with Crippen LogP contribution < -0.4 is 0 Å². The van der Waals surface area contributed by atoms with Gasteiger partial charge in [0.25, 0.3) is 5.89 Å². The van der Waals surface area contributed by atoms with Crippen molar-refractivity contribution in [1.82, 2.24) is 10.1 Å². The Labute approximate surface area is 90.9 Å². The standard InChI is InChI=1S/C10H7ClN2O2/c1-6(14)9-12-10(15-13-9)7-2-4-8(11)5-3-7/h2-5H,1H3. The van der Waals surface area contributed by atoms with Gasteiger partial charge in [0.1, 0.15) is 0 Å². The Kier molecular flexibility index (Phi) is 2.51. The van der Waals surface area contributed by atoms with Crippen molar-refractivity contribution in [2.24, 2.45) is 0 Å². The second kappa shape index (κ2) is 3.82. The van der Waals surface area contributed by atoms with Crippen LogP contribution in [0.5, 0.6) is 0 Å². The van der Waals surface area contributed by atoms with E-state index in [2.05, 4.69) is 10.1 Å². The zero-order chi connectivity index (χ0) is 10.8. The maximum Gasteiger partial charge on any atom is 0.258 e. The van der Waals surface area contributed by atoms with Gasteiger partial charge in [-0.15, -0.1) is 0 Å². The number of Topliss-reactive ketones (excluding diaryl/α,β-unsaturated/α-hetero) is 1. The van der Waals surface area contributed by atoms with Crippen LogP contribution in [-0.4, -0.2) is 15.9 Å². The predicted molar refractivity (Wildman–Crippen MR) is 54.7 cm³/mol. The molecule has 0 bridgehead atoms. The van der Waals surface area contributed by atoms with Crippen LogP contribution in [0.25, 0.3) is 11.5 Å². The molecule has 0 radical (unpaired) electrons. The van der Waals surface area contributed by atoms with Gasteiger partial charge in [-0.05, 0) is 24.3 Å². The fraction of sp³-hybridized carbons (Fsp3) is 0.100. The molecule has 0 amide bonds. The van der Waals surface area contributed by atoms with E-state index in [1.165, 1.54) is 6.92 Å². The van der Waals surface area contributed by atoms with Crippen LogP contribution in [0.15, 0.2) is 28.8 Å². The predicted octanol–water partition coefficient (Wildman–Crippen LogP) is 2.59. The van der Waals surface area contributed by atoms with Crippen molar-refractivity contribution in [3.8, 4) is 11.5 Å². The van der Waals surface area contributed by atoms with Crippen molar-refractivity contribution in [2.45, 2.75) is 6.92 Å². The third-order valence-electron chi connectivity index (χ3n) is 1.83. The molecule has 2 rings (SSSR count). The molecule has 0 unspecified atom stereocenters. The Morgan fingerprint density at radius 1 is 1.33 bits per heavy atom. The average Bonchev–Trinajstić information content (AvgIpc) is 2.68. The fourth-order valence-electron chi connectivity index (χ4n) is 1.08. The summed E-state index contributed by atoms with van der Waals surface area (Å²) in [6.07, 6.45) is 0. The first kappa shape index (κ1) is 9.86. The van der Waals surface area contributed by atoms with Crippen molar-refractivity contribution in [2.75, 3.05) is 0 Å². The van der Waals surface area contributed by atoms with Crippen molar-refractivity contribution < 1.29 is 9.32 Å². The monoisotopic (exact) mass is 222 g/mol. The number of hydrogen-bond acceptors (Lipinski definition) is 4. The third-order valence-corrected chi connectivity index (χ3v) is 2.08. The van der Waals surface area contributed by atoms with E-state index < -0.39 is 0 Å². The summed E-state index contributed by atoms with van der Waals surface area (Å²) in [5.74, 6) is 0.177. The Bertz CT molecular complexity index is 490. The van der Waals surface area contributed by atoms with Gasteiger partial charge in [-0.1, -0.05) is 16.8 Å². The fourth-order valence-corrected chi connectivity index (χ4v) is 1.20. The van der Waals surface area contributed by atoms with Crippen molar-refractivity contribution in [3.63, 3.8) is 0 Å². The largest absolute Gasteiger partial charge is 0.334 e. The van der Waals surface area contributed by atoms with E-state index in [0.717, 1.165) is 5.56 Å². The molecule has 0 aliphatic rings. The Balaban J connectivity index is 2.37. The minimum atomic E-state index is -0.223. The first-order valence-electron chi connectivity index (χ1n) is 4.27. The summed E-state index contributed by atoms with van der Waals surface area (Å²) < 4.78 is 4.93. The lowest BCUT2D eigenvalue weighted by Crippen LogP contribution is -1.93. The van der Waals surface area contributed by atoms with Crippen LogP contribution in [0.4, 0.5) is 0 Å². The van der Waals surface area contributed by atoms with Crippen molar-refractivity contribution in [1.29, 1.82) is 0 Å². The number of ketones is 1. The molecule has 1 aromatic heterocycles. The molecule has 4 nitrogen and oxygen atoms in total. The number of nitrogens with zero attached hydrogens (tertiary/aromatic N) is 2. The molecule has 0 N–H and O–H groups in total. The smallest absolute Gasteiger partial charge is 0.258 e. The molecule has 0 fully saturated rings. The third kappa shape index (κ3) is 2.05. The van der Waals surface area contributed by atoms with Crippen LogP contribution >= 0.6 is 11.6 Å². The zero-order valence-electron chi connectivity index (χ0n) is 7.90. The summed E-state index contributed by atoms with van der Waals surface area (Å²) in [5.41, 5.74) is 0.736. The van der Waals surface area contributed by atoms with Crippen LogP contribution in [-0.2, 0) is 0 Å². The van der Waals surface area contributed by atoms with E-state index in [0.29, 0.717) is 10.9 Å². The van der Waals surface area contributed by atoms with E-state index >= 15 is 0 Å². The molecular weight excluding hydrogens is 216 g/mol. The van der Waals surface area contributed by atoms with Gasteiger partial charge in [0.05, 0.1) is 0 Å². The summed E-state index contributed by atoms with van der Waals surface area (Å²) in [6.45, 7) is 1.39. The highest BCUT2D eigenvalue weighted by Crippen LogP contribution is 2.19. The molecule has 0 aliphatic heterocycles. The lowest BCUT2D eigenvalue weighted by Gasteiger charge is -1.92. The minimum Gasteiger partial charge on any atom is -0.334 e. The highest BCUT2D eigenvalue weighted by atomic mass is 35.5. The van der Waals surface area contributed by atoms with Gasteiger partial charge >= 0.3 is 0 Å². The van der Waals surface area contributed by atoms with Gasteiger partial charge in [0.15, 0.2) is 0 Å².